The second-order valence-corrected chi connectivity index (χ2v) is 13.9. The van der Waals surface area contributed by atoms with Crippen LogP contribution in [-0.4, -0.2) is 19.5 Å². The van der Waals surface area contributed by atoms with Crippen molar-refractivity contribution in [3.05, 3.63) is 120 Å². The van der Waals surface area contributed by atoms with E-state index in [4.69, 9.17) is 44.0 Å². The van der Waals surface area contributed by atoms with Crippen LogP contribution in [-0.2, 0) is 14.9 Å². The molecule has 0 aliphatic carbocycles. The molecule has 0 saturated carbocycles. The zero-order valence-corrected chi connectivity index (χ0v) is 27.4. The van der Waals surface area contributed by atoms with E-state index in [1.807, 2.05) is 32.0 Å². The number of amidine groups is 1. The van der Waals surface area contributed by atoms with Gasteiger partial charge in [-0.15, -0.1) is 0 Å². The third kappa shape index (κ3) is 6.72. The number of hydrogen-bond donors (Lipinski definition) is 0. The predicted octanol–water partition coefficient (Wildman–Crippen LogP) is 9.60. The van der Waals surface area contributed by atoms with Crippen LogP contribution in [0.15, 0.2) is 98.1 Å². The van der Waals surface area contributed by atoms with Crippen molar-refractivity contribution in [2.75, 3.05) is 4.90 Å². The molecule has 1 saturated heterocycles. The summed E-state index contributed by atoms with van der Waals surface area (Å²) in [5.41, 5.74) is 3.20. The van der Waals surface area contributed by atoms with E-state index in [0.29, 0.717) is 41.6 Å². The molecule has 1 amide bonds. The Hall–Kier alpha value is -2.79. The SMILES string of the molecule is Cc1ccc(N=C2S/C(=C/c3cc(Br)ccc3OS(=O)(=O)c3ccc(Cl)cc3)C(=O)N2c2ccc(C)c(Cl)c2)cc1Cl. The van der Waals surface area contributed by atoms with Crippen molar-refractivity contribution in [1.82, 2.24) is 0 Å². The van der Waals surface area contributed by atoms with Crippen molar-refractivity contribution in [3.63, 3.8) is 0 Å². The number of anilines is 1. The van der Waals surface area contributed by atoms with E-state index in [0.717, 1.165) is 22.9 Å². The van der Waals surface area contributed by atoms with Gasteiger partial charge in [-0.2, -0.15) is 8.42 Å². The molecule has 0 unspecified atom stereocenters. The highest BCUT2D eigenvalue weighted by Crippen LogP contribution is 2.40. The van der Waals surface area contributed by atoms with Gasteiger partial charge in [0.25, 0.3) is 5.91 Å². The monoisotopic (exact) mass is 720 g/mol. The number of halogens is 4. The lowest BCUT2D eigenvalue weighted by molar-refractivity contribution is -0.113. The smallest absolute Gasteiger partial charge is 0.339 e. The first-order chi connectivity index (χ1) is 19.9. The standard InChI is InChI=1S/C30H20BrCl3N2O4S2/c1-17-3-8-22(15-25(17)33)35-30-36(23-9-4-18(2)26(34)16-23)29(37)28(41-30)14-19-13-20(31)5-12-27(19)40-42(38,39)24-10-6-21(32)7-11-24/h3-16H,1-2H3/b28-14+,35-30?. The molecular formula is C30H20BrCl3N2O4S2. The molecule has 12 heteroatoms. The van der Waals surface area contributed by atoms with Crippen LogP contribution in [0.25, 0.3) is 6.08 Å². The van der Waals surface area contributed by atoms with Crippen molar-refractivity contribution < 1.29 is 17.4 Å². The van der Waals surface area contributed by atoms with Gasteiger partial charge in [0, 0.05) is 25.1 Å². The quantitative estimate of drug-likeness (QED) is 0.146. The molecule has 0 radical (unpaired) electrons. The van der Waals surface area contributed by atoms with Crippen LogP contribution in [0.1, 0.15) is 16.7 Å². The molecule has 1 fully saturated rings. The van der Waals surface area contributed by atoms with E-state index in [1.54, 1.807) is 36.4 Å². The lowest BCUT2D eigenvalue weighted by atomic mass is 10.1. The highest BCUT2D eigenvalue weighted by Gasteiger charge is 2.35. The maximum atomic E-state index is 13.9. The molecule has 5 rings (SSSR count). The predicted molar refractivity (Wildman–Crippen MR) is 176 cm³/mol. The Bertz CT molecular complexity index is 1900. The molecule has 4 aromatic rings. The van der Waals surface area contributed by atoms with E-state index in [1.165, 1.54) is 35.2 Å². The maximum absolute atomic E-state index is 13.9. The van der Waals surface area contributed by atoms with E-state index >= 15 is 0 Å². The van der Waals surface area contributed by atoms with Crippen LogP contribution < -0.4 is 9.08 Å². The maximum Gasteiger partial charge on any atom is 0.339 e. The first-order valence-corrected chi connectivity index (χ1v) is 16.4. The molecular weight excluding hydrogens is 703 g/mol. The van der Waals surface area contributed by atoms with Crippen LogP contribution >= 0.6 is 62.5 Å². The Kier molecular flexibility index (Phi) is 9.08. The third-order valence-corrected chi connectivity index (χ3v) is 9.94. The van der Waals surface area contributed by atoms with Crippen LogP contribution in [0, 0.1) is 13.8 Å². The van der Waals surface area contributed by atoms with Gasteiger partial charge in [0.2, 0.25) is 0 Å². The number of carbonyl (C=O) groups is 1. The van der Waals surface area contributed by atoms with Gasteiger partial charge < -0.3 is 4.18 Å². The zero-order valence-electron chi connectivity index (χ0n) is 21.9. The summed E-state index contributed by atoms with van der Waals surface area (Å²) in [6.45, 7) is 3.76. The summed E-state index contributed by atoms with van der Waals surface area (Å²) in [7, 11) is -4.19. The van der Waals surface area contributed by atoms with Gasteiger partial charge in [0.05, 0.1) is 16.3 Å². The number of thioether (sulfide) groups is 1. The number of benzene rings is 4. The Morgan fingerprint density at radius 2 is 1.55 bits per heavy atom. The lowest BCUT2D eigenvalue weighted by Crippen LogP contribution is -2.28. The molecule has 0 aromatic heterocycles. The number of aryl methyl sites for hydroxylation is 2. The van der Waals surface area contributed by atoms with Crippen molar-refractivity contribution in [1.29, 1.82) is 0 Å². The van der Waals surface area contributed by atoms with E-state index in [2.05, 4.69) is 15.9 Å². The third-order valence-electron chi connectivity index (χ3n) is 6.16. The fourth-order valence-corrected chi connectivity index (χ4v) is 6.68. The van der Waals surface area contributed by atoms with Crippen LogP contribution in [0.5, 0.6) is 5.75 Å². The minimum absolute atomic E-state index is 0.0367. The number of carbonyl (C=O) groups excluding carboxylic acids is 1. The van der Waals surface area contributed by atoms with Crippen LogP contribution in [0.3, 0.4) is 0 Å². The van der Waals surface area contributed by atoms with Crippen molar-refractivity contribution >= 4 is 101 Å². The van der Waals surface area contributed by atoms with E-state index in [-0.39, 0.29) is 21.5 Å². The molecule has 214 valence electrons. The summed E-state index contributed by atoms with van der Waals surface area (Å²) in [5, 5.41) is 1.81. The molecule has 1 aliphatic rings. The minimum Gasteiger partial charge on any atom is -0.378 e. The Morgan fingerprint density at radius 3 is 2.21 bits per heavy atom. The molecule has 0 N–H and O–H groups in total. The zero-order chi connectivity index (χ0) is 30.2. The summed E-state index contributed by atoms with van der Waals surface area (Å²) < 4.78 is 32.2. The lowest BCUT2D eigenvalue weighted by Gasteiger charge is -2.16. The van der Waals surface area contributed by atoms with Gasteiger partial charge in [-0.25, -0.2) is 4.99 Å². The molecule has 1 aliphatic heterocycles. The summed E-state index contributed by atoms with van der Waals surface area (Å²) >= 11 is 23.2. The molecule has 0 spiro atoms. The van der Waals surface area contributed by atoms with Crippen molar-refractivity contribution in [3.8, 4) is 5.75 Å². The van der Waals surface area contributed by atoms with Gasteiger partial charge in [0.1, 0.15) is 10.6 Å². The molecule has 6 nitrogen and oxygen atoms in total. The van der Waals surface area contributed by atoms with Gasteiger partial charge in [-0.3, -0.25) is 9.69 Å². The number of rotatable bonds is 6. The number of hydrogen-bond acceptors (Lipinski definition) is 6. The summed E-state index contributed by atoms with van der Waals surface area (Å²) in [6, 6.07) is 21.1. The molecule has 42 heavy (non-hydrogen) atoms. The summed E-state index contributed by atoms with van der Waals surface area (Å²) in [6.07, 6.45) is 1.57. The first kappa shape index (κ1) is 30.7. The average molecular weight is 723 g/mol. The normalized spacial score (nSPS) is 15.6. The Labute approximate surface area is 271 Å². The van der Waals surface area contributed by atoms with Crippen molar-refractivity contribution in [2.45, 2.75) is 18.7 Å². The van der Waals surface area contributed by atoms with E-state index < -0.39 is 10.1 Å². The second-order valence-electron chi connectivity index (χ2n) is 9.19. The summed E-state index contributed by atoms with van der Waals surface area (Å²) in [5.74, 6) is -0.335. The first-order valence-electron chi connectivity index (χ1n) is 12.3. The topological polar surface area (TPSA) is 76.0 Å². The molecule has 0 atom stereocenters. The van der Waals surface area contributed by atoms with Crippen molar-refractivity contribution in [2.24, 2.45) is 4.99 Å². The number of aliphatic imine (C=N–C) groups is 1. The van der Waals surface area contributed by atoms with Gasteiger partial charge in [-0.1, -0.05) is 62.9 Å². The average Bonchev–Trinajstić information content (AvgIpc) is 3.23. The van der Waals surface area contributed by atoms with Gasteiger partial charge >= 0.3 is 10.1 Å². The van der Waals surface area contributed by atoms with Crippen LogP contribution in [0.2, 0.25) is 15.1 Å². The number of nitrogens with zero attached hydrogens (tertiary/aromatic N) is 2. The molecule has 0 bridgehead atoms. The Morgan fingerprint density at radius 1 is 0.881 bits per heavy atom. The second kappa shape index (κ2) is 12.4. The number of amides is 1. The molecule has 1 heterocycles. The largest absolute Gasteiger partial charge is 0.378 e. The fraction of sp³-hybridized carbons (Fsp3) is 0.0667. The fourth-order valence-electron chi connectivity index (χ4n) is 3.88. The van der Waals surface area contributed by atoms with Gasteiger partial charge in [0.15, 0.2) is 5.17 Å². The van der Waals surface area contributed by atoms with Gasteiger partial charge in [-0.05, 0) is 110 Å². The highest BCUT2D eigenvalue weighted by molar-refractivity contribution is 9.10. The Balaban J connectivity index is 1.58. The minimum atomic E-state index is -4.19. The van der Waals surface area contributed by atoms with Crippen LogP contribution in [0.4, 0.5) is 11.4 Å². The molecule has 4 aromatic carbocycles. The van der Waals surface area contributed by atoms with E-state index in [9.17, 15) is 13.2 Å². The summed E-state index contributed by atoms with van der Waals surface area (Å²) in [4.78, 5) is 20.3. The highest BCUT2D eigenvalue weighted by atomic mass is 79.9.